The lowest BCUT2D eigenvalue weighted by molar-refractivity contribution is -0.301. The Labute approximate surface area is 347 Å². The van der Waals surface area contributed by atoms with E-state index >= 15 is 0 Å². The van der Waals surface area contributed by atoms with E-state index in [9.17, 15) is 28.5 Å². The molecule has 1 saturated heterocycles. The Morgan fingerprint density at radius 3 is 1.58 bits per heavy atom. The summed E-state index contributed by atoms with van der Waals surface area (Å²) in [6.45, 7) is 3.99. The SMILES string of the molecule is CCCCCCCCC/C=C\CCCCCCCCCCOCC(COC1OC(CO)C(O)C(OS(=O)(=O)O)C1O)OC(=O)CCCCCCCCCCCCC. The first-order valence-electron chi connectivity index (χ1n) is 22.9. The molecule has 0 aromatic heterocycles. The van der Waals surface area contributed by atoms with Gasteiger partial charge in [-0.15, -0.1) is 0 Å². The van der Waals surface area contributed by atoms with Crippen molar-refractivity contribution in [2.24, 2.45) is 0 Å². The summed E-state index contributed by atoms with van der Waals surface area (Å²) in [6, 6.07) is 0. The minimum atomic E-state index is -5.06. The van der Waals surface area contributed by atoms with E-state index in [0.29, 0.717) is 13.0 Å². The molecule has 338 valence electrons. The van der Waals surface area contributed by atoms with E-state index in [1.165, 1.54) is 135 Å². The molecule has 0 aliphatic carbocycles. The molecule has 6 atom stereocenters. The first kappa shape index (κ1) is 53.9. The molecule has 0 saturated carbocycles. The third kappa shape index (κ3) is 30.5. The van der Waals surface area contributed by atoms with Crippen molar-refractivity contribution in [1.82, 2.24) is 0 Å². The average molecular weight is 837 g/mol. The first-order valence-corrected chi connectivity index (χ1v) is 24.3. The number of carbonyl (C=O) groups is 1. The monoisotopic (exact) mass is 837 g/mol. The third-order valence-electron chi connectivity index (χ3n) is 10.6. The van der Waals surface area contributed by atoms with Gasteiger partial charge in [0.1, 0.15) is 30.5 Å². The Bertz CT molecular complexity index is 1060. The van der Waals surface area contributed by atoms with Crippen LogP contribution in [0.2, 0.25) is 0 Å². The van der Waals surface area contributed by atoms with Gasteiger partial charge in [-0.25, -0.2) is 4.18 Å². The zero-order valence-electron chi connectivity index (χ0n) is 35.9. The van der Waals surface area contributed by atoms with Crippen molar-refractivity contribution in [3.8, 4) is 0 Å². The molecule has 1 aliphatic heterocycles. The van der Waals surface area contributed by atoms with Crippen molar-refractivity contribution >= 4 is 16.4 Å². The smallest absolute Gasteiger partial charge is 0.397 e. The number of hydrogen-bond acceptors (Lipinski definition) is 11. The molecule has 12 nitrogen and oxygen atoms in total. The second-order valence-corrected chi connectivity index (χ2v) is 17.0. The Kier molecular flexibility index (Phi) is 34.6. The Morgan fingerprint density at radius 2 is 1.11 bits per heavy atom. The van der Waals surface area contributed by atoms with E-state index in [1.807, 2.05) is 0 Å². The minimum Gasteiger partial charge on any atom is -0.457 e. The maximum atomic E-state index is 12.8. The summed E-state index contributed by atoms with van der Waals surface area (Å²) in [5, 5.41) is 30.6. The predicted molar refractivity (Wildman–Crippen MR) is 225 cm³/mol. The molecule has 57 heavy (non-hydrogen) atoms. The van der Waals surface area contributed by atoms with Crippen molar-refractivity contribution in [2.45, 2.75) is 237 Å². The summed E-state index contributed by atoms with van der Waals surface area (Å²) >= 11 is 0. The Balaban J connectivity index is 2.38. The van der Waals surface area contributed by atoms with Gasteiger partial charge in [0, 0.05) is 13.0 Å². The number of esters is 1. The molecule has 1 rings (SSSR count). The van der Waals surface area contributed by atoms with E-state index in [-0.39, 0.29) is 19.6 Å². The highest BCUT2D eigenvalue weighted by molar-refractivity contribution is 7.80. The fourth-order valence-electron chi connectivity index (χ4n) is 7.14. The summed E-state index contributed by atoms with van der Waals surface area (Å²) in [4.78, 5) is 12.8. The number of unbranched alkanes of at least 4 members (excludes halogenated alkanes) is 25. The lowest BCUT2D eigenvalue weighted by Gasteiger charge is -2.41. The number of allylic oxidation sites excluding steroid dienone is 2. The maximum Gasteiger partial charge on any atom is 0.397 e. The summed E-state index contributed by atoms with van der Waals surface area (Å²) < 4.78 is 59.0. The Hall–Kier alpha value is -1.16. The van der Waals surface area contributed by atoms with Crippen LogP contribution in [0.5, 0.6) is 0 Å². The van der Waals surface area contributed by atoms with Crippen molar-refractivity contribution in [3.05, 3.63) is 12.2 Å². The number of aliphatic hydroxyl groups is 3. The largest absolute Gasteiger partial charge is 0.457 e. The zero-order chi connectivity index (χ0) is 41.8. The van der Waals surface area contributed by atoms with Crippen LogP contribution in [-0.4, -0.2) is 97.5 Å². The first-order chi connectivity index (χ1) is 27.6. The third-order valence-corrected chi connectivity index (χ3v) is 11.1. The molecule has 0 bridgehead atoms. The molecule has 6 unspecified atom stereocenters. The molecular weight excluding hydrogens is 753 g/mol. The predicted octanol–water partition coefficient (Wildman–Crippen LogP) is 9.47. The molecular formula is C44H84O12S. The normalized spacial score (nSPS) is 20.7. The molecule has 1 heterocycles. The van der Waals surface area contributed by atoms with Gasteiger partial charge in [-0.3, -0.25) is 9.35 Å². The van der Waals surface area contributed by atoms with Gasteiger partial charge in [0.25, 0.3) is 0 Å². The fourth-order valence-corrected chi connectivity index (χ4v) is 7.65. The van der Waals surface area contributed by atoms with Gasteiger partial charge in [-0.05, 0) is 38.5 Å². The van der Waals surface area contributed by atoms with Crippen molar-refractivity contribution in [2.75, 3.05) is 26.4 Å². The van der Waals surface area contributed by atoms with Crippen molar-refractivity contribution in [1.29, 1.82) is 0 Å². The lowest BCUT2D eigenvalue weighted by atomic mass is 9.99. The van der Waals surface area contributed by atoms with Gasteiger partial charge < -0.3 is 34.3 Å². The van der Waals surface area contributed by atoms with Gasteiger partial charge in [0.15, 0.2) is 6.29 Å². The van der Waals surface area contributed by atoms with Crippen LogP contribution >= 0.6 is 0 Å². The van der Waals surface area contributed by atoms with Gasteiger partial charge in [-0.1, -0.05) is 167 Å². The molecule has 1 fully saturated rings. The van der Waals surface area contributed by atoms with Gasteiger partial charge in [0.05, 0.1) is 19.8 Å². The summed E-state index contributed by atoms with van der Waals surface area (Å²) in [6.07, 6.45) is 29.6. The molecule has 0 spiro atoms. The van der Waals surface area contributed by atoms with E-state index in [2.05, 4.69) is 30.2 Å². The van der Waals surface area contributed by atoms with Crippen LogP contribution in [0.15, 0.2) is 12.2 Å². The molecule has 0 aromatic rings. The number of aliphatic hydroxyl groups excluding tert-OH is 3. The highest BCUT2D eigenvalue weighted by Gasteiger charge is 2.48. The standard InChI is InChI=1S/C44H84O12S/c1-3-5-7-9-11-13-15-16-17-18-19-20-21-22-24-26-28-30-32-34-52-36-38(54-40(46)33-31-29-27-25-23-14-12-10-8-6-4-2)37-53-44-42(48)43(56-57(49,50)51)41(47)39(35-45)55-44/h17-18,38-39,41-45,47-48H,3-16,19-37H2,1-2H3,(H,49,50,51)/b18-17-. The number of ether oxygens (including phenoxy) is 4. The van der Waals surface area contributed by atoms with E-state index in [0.717, 1.165) is 38.5 Å². The van der Waals surface area contributed by atoms with Crippen LogP contribution < -0.4 is 0 Å². The van der Waals surface area contributed by atoms with Gasteiger partial charge in [0.2, 0.25) is 0 Å². The second kappa shape index (κ2) is 36.7. The summed E-state index contributed by atoms with van der Waals surface area (Å²) in [5.74, 6) is -0.399. The summed E-state index contributed by atoms with van der Waals surface area (Å²) in [7, 11) is -5.06. The number of hydrogen-bond donors (Lipinski definition) is 4. The van der Waals surface area contributed by atoms with E-state index < -0.39 is 59.8 Å². The lowest BCUT2D eigenvalue weighted by Crippen LogP contribution is -2.60. The minimum absolute atomic E-state index is 0.0390. The van der Waals surface area contributed by atoms with Crippen LogP contribution in [-0.2, 0) is 38.3 Å². The Morgan fingerprint density at radius 1 is 0.649 bits per heavy atom. The summed E-state index contributed by atoms with van der Waals surface area (Å²) in [5.41, 5.74) is 0. The van der Waals surface area contributed by atoms with Gasteiger partial charge >= 0.3 is 16.4 Å². The second-order valence-electron chi connectivity index (χ2n) is 16.0. The highest BCUT2D eigenvalue weighted by atomic mass is 32.3. The molecule has 13 heteroatoms. The van der Waals surface area contributed by atoms with E-state index in [4.69, 9.17) is 23.5 Å². The fraction of sp³-hybridized carbons (Fsp3) is 0.932. The van der Waals surface area contributed by atoms with Gasteiger partial charge in [-0.2, -0.15) is 8.42 Å². The molecule has 4 N–H and O–H groups in total. The number of carbonyl (C=O) groups excluding carboxylic acids is 1. The van der Waals surface area contributed by atoms with Crippen molar-refractivity contribution in [3.63, 3.8) is 0 Å². The van der Waals surface area contributed by atoms with Crippen LogP contribution in [0.3, 0.4) is 0 Å². The average Bonchev–Trinajstić information content (AvgIpc) is 3.18. The highest BCUT2D eigenvalue weighted by Crippen LogP contribution is 2.26. The molecule has 0 aromatic carbocycles. The quantitative estimate of drug-likeness (QED) is 0.0199. The maximum absolute atomic E-state index is 12.8. The van der Waals surface area contributed by atoms with Crippen LogP contribution in [0.1, 0.15) is 200 Å². The van der Waals surface area contributed by atoms with Crippen molar-refractivity contribution < 1.29 is 56.2 Å². The zero-order valence-corrected chi connectivity index (χ0v) is 36.7. The topological polar surface area (TPSA) is 178 Å². The van der Waals surface area contributed by atoms with Crippen LogP contribution in [0, 0.1) is 0 Å². The van der Waals surface area contributed by atoms with Crippen LogP contribution in [0.25, 0.3) is 0 Å². The molecule has 0 radical (unpaired) electrons. The molecule has 0 amide bonds. The van der Waals surface area contributed by atoms with E-state index in [1.54, 1.807) is 0 Å². The van der Waals surface area contributed by atoms with Crippen LogP contribution in [0.4, 0.5) is 0 Å². The number of rotatable bonds is 40. The molecule has 1 aliphatic rings.